The maximum Gasteiger partial charge on any atom is 0.326 e. The lowest BCUT2D eigenvalue weighted by atomic mass is 10.3. The Kier molecular flexibility index (Phi) is 5.93. The van der Waals surface area contributed by atoms with E-state index in [9.17, 15) is 13.2 Å². The minimum absolute atomic E-state index is 0.0352. The van der Waals surface area contributed by atoms with Crippen molar-refractivity contribution < 1.29 is 32.2 Å². The largest absolute Gasteiger partial charge is 0.495 e. The van der Waals surface area contributed by atoms with Gasteiger partial charge >= 0.3 is 5.97 Å². The lowest BCUT2D eigenvalue weighted by Gasteiger charge is -2.26. The Labute approximate surface area is 163 Å². The van der Waals surface area contributed by atoms with Crippen LogP contribution in [0.1, 0.15) is 6.92 Å². The number of fused-ring (bicyclic) bond motifs is 1. The van der Waals surface area contributed by atoms with Crippen LogP contribution in [0.15, 0.2) is 47.4 Å². The van der Waals surface area contributed by atoms with Gasteiger partial charge in [-0.3, -0.25) is 9.10 Å². The number of sulfonamides is 1. The van der Waals surface area contributed by atoms with Gasteiger partial charge in [-0.05, 0) is 31.2 Å². The third kappa shape index (κ3) is 3.99. The van der Waals surface area contributed by atoms with Crippen molar-refractivity contribution in [3.8, 4) is 17.2 Å². The van der Waals surface area contributed by atoms with Crippen LogP contribution in [0.2, 0.25) is 0 Å². The molecule has 2 aromatic carbocycles. The number of rotatable bonds is 7. The summed E-state index contributed by atoms with van der Waals surface area (Å²) in [5.41, 5.74) is 0.230. The van der Waals surface area contributed by atoms with Gasteiger partial charge in [-0.15, -0.1) is 0 Å². The minimum atomic E-state index is -4.12. The highest BCUT2D eigenvalue weighted by atomic mass is 32.2. The molecule has 0 saturated heterocycles. The van der Waals surface area contributed by atoms with Gasteiger partial charge in [-0.2, -0.15) is 0 Å². The van der Waals surface area contributed by atoms with E-state index in [4.69, 9.17) is 18.9 Å². The summed E-state index contributed by atoms with van der Waals surface area (Å²) in [6.07, 6.45) is 0. The van der Waals surface area contributed by atoms with E-state index in [0.29, 0.717) is 30.5 Å². The maximum atomic E-state index is 13.4. The first-order valence-corrected chi connectivity index (χ1v) is 10.1. The molecule has 0 aromatic heterocycles. The average molecular weight is 407 g/mol. The highest BCUT2D eigenvalue weighted by Crippen LogP contribution is 2.36. The molecule has 0 saturated carbocycles. The van der Waals surface area contributed by atoms with Gasteiger partial charge < -0.3 is 18.9 Å². The second-order valence-corrected chi connectivity index (χ2v) is 7.66. The Bertz CT molecular complexity index is 959. The first-order valence-electron chi connectivity index (χ1n) is 8.68. The van der Waals surface area contributed by atoms with Crippen molar-refractivity contribution in [3.05, 3.63) is 42.5 Å². The number of anilines is 1. The molecule has 28 heavy (non-hydrogen) atoms. The molecule has 0 spiro atoms. The highest BCUT2D eigenvalue weighted by molar-refractivity contribution is 7.92. The van der Waals surface area contributed by atoms with Gasteiger partial charge in [0.05, 0.1) is 24.3 Å². The van der Waals surface area contributed by atoms with Gasteiger partial charge in [0.15, 0.2) is 11.5 Å². The molecule has 1 aliphatic heterocycles. The van der Waals surface area contributed by atoms with Crippen LogP contribution < -0.4 is 18.5 Å². The van der Waals surface area contributed by atoms with E-state index < -0.39 is 22.5 Å². The van der Waals surface area contributed by atoms with E-state index in [0.717, 1.165) is 4.31 Å². The molecule has 3 rings (SSSR count). The summed E-state index contributed by atoms with van der Waals surface area (Å²) in [6.45, 7) is 2.03. The monoisotopic (exact) mass is 407 g/mol. The van der Waals surface area contributed by atoms with Gasteiger partial charge in [0.2, 0.25) is 0 Å². The summed E-state index contributed by atoms with van der Waals surface area (Å²) in [6, 6.07) is 10.9. The van der Waals surface area contributed by atoms with Gasteiger partial charge in [0.1, 0.15) is 25.5 Å². The number of carbonyl (C=O) groups excluding carboxylic acids is 1. The highest BCUT2D eigenvalue weighted by Gasteiger charge is 2.31. The fourth-order valence-corrected chi connectivity index (χ4v) is 4.21. The fraction of sp³-hybridized carbons (Fsp3) is 0.316. The molecule has 0 N–H and O–H groups in total. The van der Waals surface area contributed by atoms with Crippen molar-refractivity contribution in [1.29, 1.82) is 0 Å². The molecule has 9 heteroatoms. The average Bonchev–Trinajstić information content (AvgIpc) is 2.71. The zero-order valence-corrected chi connectivity index (χ0v) is 16.4. The van der Waals surface area contributed by atoms with E-state index in [1.165, 1.54) is 25.3 Å². The first kappa shape index (κ1) is 19.8. The minimum Gasteiger partial charge on any atom is -0.495 e. The lowest BCUT2D eigenvalue weighted by molar-refractivity contribution is -0.141. The molecular formula is C19H21NO7S. The number of nitrogens with zero attached hydrogens (tertiary/aromatic N) is 1. The SMILES string of the molecule is CCOC(=O)CN(c1ccccc1OC)S(=O)(=O)c1ccc2c(c1)OCCO2. The van der Waals surface area contributed by atoms with Gasteiger partial charge in [-0.1, -0.05) is 12.1 Å². The molecule has 0 atom stereocenters. The molecule has 1 aliphatic rings. The fourth-order valence-electron chi connectivity index (χ4n) is 2.77. The number of esters is 1. The smallest absolute Gasteiger partial charge is 0.326 e. The van der Waals surface area contributed by atoms with Crippen LogP contribution in [-0.4, -0.2) is 47.9 Å². The van der Waals surface area contributed by atoms with Crippen molar-refractivity contribution in [2.24, 2.45) is 0 Å². The summed E-state index contributed by atoms with van der Waals surface area (Å²) in [5, 5.41) is 0. The van der Waals surface area contributed by atoms with Crippen LogP contribution in [0, 0.1) is 0 Å². The van der Waals surface area contributed by atoms with Crippen LogP contribution >= 0.6 is 0 Å². The Balaban J connectivity index is 2.06. The topological polar surface area (TPSA) is 91.4 Å². The quantitative estimate of drug-likeness (QED) is 0.650. The predicted octanol–water partition coefficient (Wildman–Crippen LogP) is 2.22. The van der Waals surface area contributed by atoms with Gasteiger partial charge in [0.25, 0.3) is 10.0 Å². The molecule has 0 fully saturated rings. The zero-order chi connectivity index (χ0) is 20.1. The molecule has 0 amide bonds. The van der Waals surface area contributed by atoms with E-state index >= 15 is 0 Å². The van der Waals surface area contributed by atoms with Crippen LogP contribution in [0.25, 0.3) is 0 Å². The molecule has 2 aromatic rings. The second-order valence-electron chi connectivity index (χ2n) is 5.79. The first-order chi connectivity index (χ1) is 13.5. The molecule has 0 aliphatic carbocycles. The Hall–Kier alpha value is -2.94. The third-order valence-corrected chi connectivity index (χ3v) is 5.79. The summed E-state index contributed by atoms with van der Waals surface area (Å²) < 4.78 is 48.9. The van der Waals surface area contributed by atoms with Crippen molar-refractivity contribution in [3.63, 3.8) is 0 Å². The Morgan fingerprint density at radius 1 is 1.11 bits per heavy atom. The van der Waals surface area contributed by atoms with Crippen molar-refractivity contribution >= 4 is 21.7 Å². The number of benzene rings is 2. The number of hydrogen-bond acceptors (Lipinski definition) is 7. The lowest BCUT2D eigenvalue weighted by Crippen LogP contribution is -2.37. The molecule has 0 radical (unpaired) electrons. The van der Waals surface area contributed by atoms with E-state index in [-0.39, 0.29) is 17.2 Å². The normalized spacial score (nSPS) is 12.9. The Morgan fingerprint density at radius 2 is 1.82 bits per heavy atom. The van der Waals surface area contributed by atoms with Crippen LogP contribution in [0.4, 0.5) is 5.69 Å². The van der Waals surface area contributed by atoms with Crippen LogP contribution in [0.3, 0.4) is 0 Å². The molecule has 0 unspecified atom stereocenters. The zero-order valence-electron chi connectivity index (χ0n) is 15.6. The number of ether oxygens (including phenoxy) is 4. The number of methoxy groups -OCH3 is 1. The standard InChI is InChI=1S/C19H21NO7S/c1-3-25-19(21)13-20(15-6-4-5-7-16(15)24-2)28(22,23)14-8-9-17-18(12-14)27-11-10-26-17/h4-9,12H,3,10-11,13H2,1-2H3. The number of hydrogen-bond donors (Lipinski definition) is 0. The Morgan fingerprint density at radius 3 is 2.54 bits per heavy atom. The van der Waals surface area contributed by atoms with E-state index in [1.54, 1.807) is 31.2 Å². The van der Waals surface area contributed by atoms with E-state index in [2.05, 4.69) is 0 Å². The summed E-state index contributed by atoms with van der Waals surface area (Å²) >= 11 is 0. The second kappa shape index (κ2) is 8.39. The maximum absolute atomic E-state index is 13.4. The predicted molar refractivity (Wildman–Crippen MR) is 102 cm³/mol. The summed E-state index contributed by atoms with van der Waals surface area (Å²) in [7, 11) is -2.69. The molecule has 8 nitrogen and oxygen atoms in total. The van der Waals surface area contributed by atoms with Crippen molar-refractivity contribution in [2.75, 3.05) is 37.8 Å². The van der Waals surface area contributed by atoms with Crippen molar-refractivity contribution in [2.45, 2.75) is 11.8 Å². The molecular weight excluding hydrogens is 386 g/mol. The molecule has 0 bridgehead atoms. The number of para-hydroxylation sites is 2. The summed E-state index contributed by atoms with van der Waals surface area (Å²) in [5.74, 6) is 0.449. The van der Waals surface area contributed by atoms with Crippen LogP contribution in [0.5, 0.6) is 17.2 Å². The van der Waals surface area contributed by atoms with Crippen LogP contribution in [-0.2, 0) is 19.6 Å². The third-order valence-electron chi connectivity index (χ3n) is 4.03. The van der Waals surface area contributed by atoms with Gasteiger partial charge in [0, 0.05) is 6.07 Å². The summed E-state index contributed by atoms with van der Waals surface area (Å²) in [4.78, 5) is 12.1. The van der Waals surface area contributed by atoms with Crippen molar-refractivity contribution in [1.82, 2.24) is 0 Å². The molecule has 1 heterocycles. The van der Waals surface area contributed by atoms with E-state index in [1.807, 2.05) is 0 Å². The van der Waals surface area contributed by atoms with Gasteiger partial charge in [-0.25, -0.2) is 8.42 Å². The molecule has 150 valence electrons. The number of carbonyl (C=O) groups is 1.